The average molecular weight is 406 g/mol. The van der Waals surface area contributed by atoms with Crippen LogP contribution in [-0.2, 0) is 6.42 Å². The number of thiazole rings is 1. The number of hydrogen-bond donors (Lipinski definition) is 1. The summed E-state index contributed by atoms with van der Waals surface area (Å²) in [5, 5.41) is 9.88. The monoisotopic (exact) mass is 405 g/mol. The number of para-hydroxylation sites is 1. The molecular formula is C22H23N5OS. The maximum absolute atomic E-state index is 13.2. The van der Waals surface area contributed by atoms with Gasteiger partial charge in [-0.2, -0.15) is 5.10 Å². The first-order valence-corrected chi connectivity index (χ1v) is 10.7. The van der Waals surface area contributed by atoms with Crippen molar-refractivity contribution in [1.82, 2.24) is 24.5 Å². The van der Waals surface area contributed by atoms with Gasteiger partial charge in [-0.25, -0.2) is 9.67 Å². The summed E-state index contributed by atoms with van der Waals surface area (Å²) in [7, 11) is 0. The summed E-state index contributed by atoms with van der Waals surface area (Å²) in [6, 6.07) is 10.1. The summed E-state index contributed by atoms with van der Waals surface area (Å²) in [5.41, 5.74) is 4.74. The Balaban J connectivity index is 1.52. The molecule has 5 rings (SSSR count). The van der Waals surface area contributed by atoms with Crippen molar-refractivity contribution < 1.29 is 4.79 Å². The number of nitrogens with zero attached hydrogens (tertiary/aromatic N) is 4. The Kier molecular flexibility index (Phi) is 4.10. The molecule has 0 aliphatic heterocycles. The summed E-state index contributed by atoms with van der Waals surface area (Å²) in [4.78, 5) is 18.6. The number of aromatic nitrogens is 4. The van der Waals surface area contributed by atoms with Gasteiger partial charge in [-0.05, 0) is 37.3 Å². The van der Waals surface area contributed by atoms with Crippen LogP contribution in [0.3, 0.4) is 0 Å². The van der Waals surface area contributed by atoms with E-state index < -0.39 is 0 Å². The van der Waals surface area contributed by atoms with Gasteiger partial charge in [-0.15, -0.1) is 11.3 Å². The predicted molar refractivity (Wildman–Crippen MR) is 114 cm³/mol. The van der Waals surface area contributed by atoms with Crippen LogP contribution in [0.5, 0.6) is 0 Å². The lowest BCUT2D eigenvalue weighted by Crippen LogP contribution is -2.37. The molecule has 1 N–H and O–H groups in total. The fraction of sp³-hybridized carbons (Fsp3) is 0.318. The molecule has 1 aliphatic rings. The topological polar surface area (TPSA) is 64.2 Å². The minimum absolute atomic E-state index is 0.0572. The number of benzene rings is 1. The molecule has 0 unspecified atom stereocenters. The third-order valence-electron chi connectivity index (χ3n) is 5.64. The standard InChI is InChI=1S/C22H23N5OS/c1-14-19(26-9-10-29-21(26)24-14)20(28)25-17-11-22(2,3)12-18-16(17)13-23-27(18)15-7-5-4-6-8-15/h4-10,13,17H,11-12H2,1-3H3,(H,25,28)/t17-/m0/s1. The SMILES string of the molecule is Cc1nc2sccn2c1C(=O)N[C@H]1CC(C)(C)Cc2c1cnn2-c1ccccc1. The summed E-state index contributed by atoms with van der Waals surface area (Å²) >= 11 is 1.53. The van der Waals surface area contributed by atoms with Crippen LogP contribution < -0.4 is 5.32 Å². The summed E-state index contributed by atoms with van der Waals surface area (Å²) in [6.45, 7) is 6.38. The molecule has 4 aromatic rings. The van der Waals surface area contributed by atoms with Crippen LogP contribution >= 0.6 is 11.3 Å². The van der Waals surface area contributed by atoms with E-state index in [-0.39, 0.29) is 17.4 Å². The van der Waals surface area contributed by atoms with Crippen LogP contribution in [0.2, 0.25) is 0 Å². The van der Waals surface area contributed by atoms with Crippen LogP contribution in [0, 0.1) is 12.3 Å². The Morgan fingerprint density at radius 1 is 1.28 bits per heavy atom. The van der Waals surface area contributed by atoms with Crippen molar-refractivity contribution in [2.75, 3.05) is 0 Å². The number of hydrogen-bond acceptors (Lipinski definition) is 4. The zero-order chi connectivity index (χ0) is 20.2. The van der Waals surface area contributed by atoms with Crippen molar-refractivity contribution in [3.63, 3.8) is 0 Å². The Hall–Kier alpha value is -2.93. The molecule has 1 amide bonds. The van der Waals surface area contributed by atoms with Gasteiger partial charge in [0.1, 0.15) is 5.69 Å². The van der Waals surface area contributed by atoms with Gasteiger partial charge in [0.15, 0.2) is 4.96 Å². The summed E-state index contributed by atoms with van der Waals surface area (Å²) in [6.07, 6.45) is 5.60. The summed E-state index contributed by atoms with van der Waals surface area (Å²) < 4.78 is 3.88. The number of aryl methyl sites for hydroxylation is 1. The molecule has 29 heavy (non-hydrogen) atoms. The Bertz CT molecular complexity index is 1200. The molecule has 0 spiro atoms. The van der Waals surface area contributed by atoms with E-state index in [2.05, 4.69) is 41.4 Å². The molecule has 1 aliphatic carbocycles. The van der Waals surface area contributed by atoms with E-state index in [4.69, 9.17) is 0 Å². The molecule has 0 fully saturated rings. The zero-order valence-electron chi connectivity index (χ0n) is 16.7. The molecule has 0 saturated carbocycles. The first-order valence-electron chi connectivity index (χ1n) is 9.78. The van der Waals surface area contributed by atoms with Gasteiger partial charge in [0.05, 0.1) is 29.3 Å². The number of amides is 1. The first-order chi connectivity index (χ1) is 13.9. The molecule has 3 aromatic heterocycles. The number of fused-ring (bicyclic) bond motifs is 2. The van der Waals surface area contributed by atoms with Gasteiger partial charge in [0.25, 0.3) is 5.91 Å². The van der Waals surface area contributed by atoms with Crippen molar-refractivity contribution >= 4 is 22.2 Å². The third kappa shape index (κ3) is 3.06. The van der Waals surface area contributed by atoms with Crippen LogP contribution in [-0.4, -0.2) is 25.1 Å². The van der Waals surface area contributed by atoms with E-state index in [1.54, 1.807) is 0 Å². The molecule has 3 heterocycles. The van der Waals surface area contributed by atoms with Crippen molar-refractivity contribution in [3.8, 4) is 5.69 Å². The number of rotatable bonds is 3. The van der Waals surface area contributed by atoms with Crippen LogP contribution in [0.15, 0.2) is 48.1 Å². The molecule has 6 nitrogen and oxygen atoms in total. The predicted octanol–water partition coefficient (Wildman–Crippen LogP) is 4.33. The zero-order valence-corrected chi connectivity index (χ0v) is 17.5. The fourth-order valence-electron chi connectivity index (χ4n) is 4.36. The van der Waals surface area contributed by atoms with Crippen molar-refractivity contribution in [1.29, 1.82) is 0 Å². The van der Waals surface area contributed by atoms with Gasteiger partial charge in [0, 0.05) is 17.1 Å². The lowest BCUT2D eigenvalue weighted by molar-refractivity contribution is 0.0912. The molecular weight excluding hydrogens is 382 g/mol. The smallest absolute Gasteiger partial charge is 0.270 e. The number of carbonyl (C=O) groups is 1. The molecule has 0 saturated heterocycles. The fourth-order valence-corrected chi connectivity index (χ4v) is 5.12. The normalized spacial score (nSPS) is 18.0. The van der Waals surface area contributed by atoms with Crippen LogP contribution in [0.4, 0.5) is 0 Å². The lowest BCUT2D eigenvalue weighted by atomic mass is 9.74. The average Bonchev–Trinajstić information content (AvgIpc) is 3.35. The molecule has 148 valence electrons. The van der Waals surface area contributed by atoms with E-state index >= 15 is 0 Å². The van der Waals surface area contributed by atoms with E-state index in [1.165, 1.54) is 17.0 Å². The van der Waals surface area contributed by atoms with E-state index in [1.807, 2.05) is 52.0 Å². The van der Waals surface area contributed by atoms with Crippen LogP contribution in [0.1, 0.15) is 53.7 Å². The second-order valence-electron chi connectivity index (χ2n) is 8.47. The second-order valence-corrected chi connectivity index (χ2v) is 9.34. The number of imidazole rings is 1. The largest absolute Gasteiger partial charge is 0.344 e. The number of nitrogens with one attached hydrogen (secondary N) is 1. The highest BCUT2D eigenvalue weighted by Crippen LogP contribution is 2.41. The first kappa shape index (κ1) is 18.1. The van der Waals surface area contributed by atoms with Crippen LogP contribution in [0.25, 0.3) is 10.6 Å². The minimum atomic E-state index is -0.0884. The Morgan fingerprint density at radius 2 is 2.07 bits per heavy atom. The quantitative estimate of drug-likeness (QED) is 0.552. The highest BCUT2D eigenvalue weighted by Gasteiger charge is 2.36. The van der Waals surface area contributed by atoms with Gasteiger partial charge in [0.2, 0.25) is 0 Å². The lowest BCUT2D eigenvalue weighted by Gasteiger charge is -2.36. The summed E-state index contributed by atoms with van der Waals surface area (Å²) in [5.74, 6) is -0.0884. The van der Waals surface area contributed by atoms with Gasteiger partial charge < -0.3 is 5.32 Å². The maximum atomic E-state index is 13.2. The van der Waals surface area contributed by atoms with E-state index in [0.29, 0.717) is 5.69 Å². The molecule has 1 aromatic carbocycles. The number of carbonyl (C=O) groups excluding carboxylic acids is 1. The minimum Gasteiger partial charge on any atom is -0.344 e. The van der Waals surface area contributed by atoms with Crippen molar-refractivity contribution in [3.05, 3.63) is 70.8 Å². The van der Waals surface area contributed by atoms with Crippen molar-refractivity contribution in [2.24, 2.45) is 5.41 Å². The maximum Gasteiger partial charge on any atom is 0.270 e. The van der Waals surface area contributed by atoms with Gasteiger partial charge in [-0.3, -0.25) is 9.20 Å². The molecule has 0 radical (unpaired) electrons. The third-order valence-corrected chi connectivity index (χ3v) is 6.39. The van der Waals surface area contributed by atoms with Crippen molar-refractivity contribution in [2.45, 2.75) is 39.7 Å². The highest BCUT2D eigenvalue weighted by molar-refractivity contribution is 7.15. The Morgan fingerprint density at radius 3 is 2.86 bits per heavy atom. The molecule has 7 heteroatoms. The second kappa shape index (κ2) is 6.56. The Labute approximate surface area is 173 Å². The molecule has 1 atom stereocenters. The van der Waals surface area contributed by atoms with E-state index in [9.17, 15) is 4.79 Å². The van der Waals surface area contributed by atoms with Gasteiger partial charge in [-0.1, -0.05) is 32.0 Å². The highest BCUT2D eigenvalue weighted by atomic mass is 32.1. The van der Waals surface area contributed by atoms with Gasteiger partial charge >= 0.3 is 0 Å². The molecule has 0 bridgehead atoms. The van der Waals surface area contributed by atoms with E-state index in [0.717, 1.165) is 34.7 Å².